The Hall–Kier alpha value is -1.56. The second-order valence-electron chi connectivity index (χ2n) is 6.03. The standard InChI is InChI=1S/C14H25ClN4O2/c1-14(2,3)21-13(20)18(4)12(17)10(9-11(15)16)19-7-5-6-8-19/h9H,5-8,16-17H2,1-4H3/b11-9-,12-10-. The Morgan fingerprint density at radius 2 is 1.81 bits per heavy atom. The van der Waals surface area contributed by atoms with E-state index in [9.17, 15) is 4.79 Å². The van der Waals surface area contributed by atoms with Crippen molar-refractivity contribution in [3.63, 3.8) is 0 Å². The summed E-state index contributed by atoms with van der Waals surface area (Å²) >= 11 is 5.77. The lowest BCUT2D eigenvalue weighted by molar-refractivity contribution is 0.0347. The van der Waals surface area contributed by atoms with Crippen molar-refractivity contribution in [3.8, 4) is 0 Å². The molecule has 1 aliphatic rings. The summed E-state index contributed by atoms with van der Waals surface area (Å²) in [4.78, 5) is 15.4. The van der Waals surface area contributed by atoms with Crippen LogP contribution in [0.5, 0.6) is 0 Å². The van der Waals surface area contributed by atoms with Crippen molar-refractivity contribution >= 4 is 17.7 Å². The molecule has 0 unspecified atom stereocenters. The molecule has 0 aromatic heterocycles. The van der Waals surface area contributed by atoms with Gasteiger partial charge in [-0.05, 0) is 39.7 Å². The molecule has 0 saturated carbocycles. The Morgan fingerprint density at radius 3 is 2.24 bits per heavy atom. The first-order valence-electron chi connectivity index (χ1n) is 6.96. The van der Waals surface area contributed by atoms with Gasteiger partial charge in [0.05, 0.1) is 5.70 Å². The molecule has 0 spiro atoms. The van der Waals surface area contributed by atoms with Crippen LogP contribution in [0.3, 0.4) is 0 Å². The summed E-state index contributed by atoms with van der Waals surface area (Å²) in [6.45, 7) is 7.13. The van der Waals surface area contributed by atoms with Crippen LogP contribution >= 0.6 is 11.6 Å². The molecular weight excluding hydrogens is 292 g/mol. The van der Waals surface area contributed by atoms with Crippen LogP contribution in [0.2, 0.25) is 0 Å². The highest BCUT2D eigenvalue weighted by molar-refractivity contribution is 6.29. The van der Waals surface area contributed by atoms with Crippen molar-refractivity contribution in [3.05, 3.63) is 22.8 Å². The van der Waals surface area contributed by atoms with E-state index in [2.05, 4.69) is 4.90 Å². The molecular formula is C14H25ClN4O2. The van der Waals surface area contributed by atoms with E-state index >= 15 is 0 Å². The Labute approximate surface area is 131 Å². The fourth-order valence-electron chi connectivity index (χ4n) is 2.02. The number of hydrogen-bond donors (Lipinski definition) is 2. The van der Waals surface area contributed by atoms with Gasteiger partial charge in [0.15, 0.2) is 0 Å². The van der Waals surface area contributed by atoms with Gasteiger partial charge >= 0.3 is 6.09 Å². The van der Waals surface area contributed by atoms with Gasteiger partial charge in [0, 0.05) is 20.1 Å². The Morgan fingerprint density at radius 1 is 1.29 bits per heavy atom. The quantitative estimate of drug-likeness (QED) is 0.615. The smallest absolute Gasteiger partial charge is 0.415 e. The third-order valence-electron chi connectivity index (χ3n) is 3.01. The molecule has 7 heteroatoms. The number of carbonyl (C=O) groups is 1. The molecule has 1 aliphatic heterocycles. The Bertz CT molecular complexity index is 444. The van der Waals surface area contributed by atoms with E-state index in [0.717, 1.165) is 25.9 Å². The summed E-state index contributed by atoms with van der Waals surface area (Å²) in [6.07, 6.45) is 3.20. The largest absolute Gasteiger partial charge is 0.443 e. The summed E-state index contributed by atoms with van der Waals surface area (Å²) in [5.41, 5.74) is 11.7. The van der Waals surface area contributed by atoms with Crippen molar-refractivity contribution in [2.45, 2.75) is 39.2 Å². The molecule has 0 aliphatic carbocycles. The van der Waals surface area contributed by atoms with Crippen molar-refractivity contribution < 1.29 is 9.53 Å². The van der Waals surface area contributed by atoms with Crippen LogP contribution < -0.4 is 11.5 Å². The number of halogens is 1. The lowest BCUT2D eigenvalue weighted by Gasteiger charge is -2.28. The first kappa shape index (κ1) is 17.5. The second-order valence-corrected chi connectivity index (χ2v) is 6.47. The van der Waals surface area contributed by atoms with E-state index in [1.54, 1.807) is 33.9 Å². The fourth-order valence-corrected chi connectivity index (χ4v) is 2.12. The molecule has 4 N–H and O–H groups in total. The number of nitrogens with zero attached hydrogens (tertiary/aromatic N) is 2. The van der Waals surface area contributed by atoms with Gasteiger partial charge in [-0.15, -0.1) is 0 Å². The number of carbonyl (C=O) groups excluding carboxylic acids is 1. The second kappa shape index (κ2) is 6.93. The normalized spacial score (nSPS) is 17.6. The van der Waals surface area contributed by atoms with Gasteiger partial charge in [0.1, 0.15) is 16.6 Å². The molecule has 0 atom stereocenters. The van der Waals surface area contributed by atoms with Crippen LogP contribution in [-0.4, -0.2) is 41.6 Å². The minimum atomic E-state index is -0.583. The number of allylic oxidation sites excluding steroid dienone is 1. The first-order valence-corrected chi connectivity index (χ1v) is 7.33. The molecule has 21 heavy (non-hydrogen) atoms. The van der Waals surface area contributed by atoms with E-state index in [1.165, 1.54) is 4.90 Å². The first-order chi connectivity index (χ1) is 9.61. The molecule has 0 aromatic carbocycles. The molecule has 6 nitrogen and oxygen atoms in total. The van der Waals surface area contributed by atoms with Crippen LogP contribution in [-0.2, 0) is 4.74 Å². The van der Waals surface area contributed by atoms with E-state index < -0.39 is 11.7 Å². The monoisotopic (exact) mass is 316 g/mol. The van der Waals surface area contributed by atoms with E-state index in [0.29, 0.717) is 5.70 Å². The van der Waals surface area contributed by atoms with Crippen molar-refractivity contribution in [2.24, 2.45) is 11.5 Å². The van der Waals surface area contributed by atoms with Crippen molar-refractivity contribution in [1.29, 1.82) is 0 Å². The van der Waals surface area contributed by atoms with Crippen LogP contribution in [0.25, 0.3) is 0 Å². The molecule has 1 rings (SSSR count). The number of amides is 1. The molecule has 1 fully saturated rings. The zero-order chi connectivity index (χ0) is 16.2. The summed E-state index contributed by atoms with van der Waals surface area (Å²) in [6, 6.07) is 0. The minimum Gasteiger partial charge on any atom is -0.443 e. The molecule has 0 radical (unpaired) electrons. The zero-order valence-corrected chi connectivity index (χ0v) is 13.9. The number of hydrogen-bond acceptors (Lipinski definition) is 5. The molecule has 1 heterocycles. The van der Waals surface area contributed by atoms with Crippen molar-refractivity contribution in [1.82, 2.24) is 9.80 Å². The van der Waals surface area contributed by atoms with Gasteiger partial charge in [-0.1, -0.05) is 11.6 Å². The third kappa shape index (κ3) is 5.38. The maximum Gasteiger partial charge on any atom is 0.415 e. The molecule has 120 valence electrons. The maximum absolute atomic E-state index is 12.1. The SMILES string of the molecule is CN(C(=O)OC(C)(C)C)/C(N)=C(/C=C(\N)Cl)N1CCCC1. The van der Waals surface area contributed by atoms with E-state index in [4.69, 9.17) is 27.8 Å². The van der Waals surface area contributed by atoms with E-state index in [-0.39, 0.29) is 11.0 Å². The fraction of sp³-hybridized carbons (Fsp3) is 0.643. The Kier molecular flexibility index (Phi) is 5.78. The highest BCUT2D eigenvalue weighted by Gasteiger charge is 2.24. The number of rotatable bonds is 3. The van der Waals surface area contributed by atoms with Gasteiger partial charge in [-0.25, -0.2) is 4.79 Å². The van der Waals surface area contributed by atoms with Gasteiger partial charge in [0.2, 0.25) is 0 Å². The van der Waals surface area contributed by atoms with E-state index in [1.807, 2.05) is 0 Å². The number of nitrogens with two attached hydrogens (primary N) is 2. The topological polar surface area (TPSA) is 84.8 Å². The Balaban J connectivity index is 3.02. The molecule has 1 saturated heterocycles. The maximum atomic E-state index is 12.1. The number of ether oxygens (including phenoxy) is 1. The van der Waals surface area contributed by atoms with Crippen LogP contribution in [0, 0.1) is 0 Å². The summed E-state index contributed by atoms with van der Waals surface area (Å²) in [7, 11) is 1.57. The van der Waals surface area contributed by atoms with Crippen LogP contribution in [0.15, 0.2) is 22.8 Å². The number of likely N-dealkylation sites (tertiary alicyclic amines) is 1. The zero-order valence-electron chi connectivity index (χ0n) is 13.1. The summed E-state index contributed by atoms with van der Waals surface area (Å²) in [5, 5.41) is 0.123. The highest BCUT2D eigenvalue weighted by Crippen LogP contribution is 2.21. The molecule has 0 aromatic rings. The average molecular weight is 317 g/mol. The van der Waals surface area contributed by atoms with Crippen molar-refractivity contribution in [2.75, 3.05) is 20.1 Å². The third-order valence-corrected chi connectivity index (χ3v) is 3.12. The molecule has 0 bridgehead atoms. The lowest BCUT2D eigenvalue weighted by Crippen LogP contribution is -2.38. The van der Waals surface area contributed by atoms with Gasteiger partial charge < -0.3 is 21.1 Å². The van der Waals surface area contributed by atoms with Gasteiger partial charge in [-0.3, -0.25) is 4.90 Å². The predicted molar refractivity (Wildman–Crippen MR) is 84.1 cm³/mol. The minimum absolute atomic E-state index is 0.123. The lowest BCUT2D eigenvalue weighted by atomic mass is 10.2. The average Bonchev–Trinajstić information content (AvgIpc) is 2.85. The van der Waals surface area contributed by atoms with Crippen LogP contribution in [0.4, 0.5) is 4.79 Å². The van der Waals surface area contributed by atoms with Gasteiger partial charge in [-0.2, -0.15) is 0 Å². The van der Waals surface area contributed by atoms with Crippen LogP contribution in [0.1, 0.15) is 33.6 Å². The molecule has 1 amide bonds. The summed E-state index contributed by atoms with van der Waals surface area (Å²) < 4.78 is 5.31. The summed E-state index contributed by atoms with van der Waals surface area (Å²) in [5.74, 6) is 0.273. The predicted octanol–water partition coefficient (Wildman–Crippen LogP) is 2.12. The highest BCUT2D eigenvalue weighted by atomic mass is 35.5. The van der Waals surface area contributed by atoms with Gasteiger partial charge in [0.25, 0.3) is 0 Å².